The van der Waals surface area contributed by atoms with Crippen molar-refractivity contribution in [2.45, 2.75) is 44.8 Å². The molecule has 0 amide bonds. The van der Waals surface area contributed by atoms with Crippen LogP contribution in [0.2, 0.25) is 0 Å². The summed E-state index contributed by atoms with van der Waals surface area (Å²) in [5.74, 6) is 0.604. The van der Waals surface area contributed by atoms with Crippen molar-refractivity contribution in [3.05, 3.63) is 59.4 Å². The van der Waals surface area contributed by atoms with Gasteiger partial charge in [0, 0.05) is 12.2 Å². The van der Waals surface area contributed by atoms with Crippen molar-refractivity contribution < 1.29 is 17.9 Å². The lowest BCUT2D eigenvalue weighted by molar-refractivity contribution is -0.137. The third-order valence-corrected chi connectivity index (χ3v) is 3.80. The molecule has 0 aliphatic rings. The fourth-order valence-electron chi connectivity index (χ4n) is 2.35. The van der Waals surface area contributed by atoms with Crippen molar-refractivity contribution in [2.75, 3.05) is 6.61 Å². The molecule has 25 heavy (non-hydrogen) atoms. The number of rotatable bonds is 5. The van der Waals surface area contributed by atoms with Gasteiger partial charge in [0.25, 0.3) is 0 Å². The molecule has 0 bridgehead atoms. The molecule has 2 N–H and O–H groups in total. The molecule has 0 saturated carbocycles. The number of ether oxygens (including phenoxy) is 1. The first-order valence-corrected chi connectivity index (χ1v) is 8.06. The van der Waals surface area contributed by atoms with Crippen molar-refractivity contribution in [3.63, 3.8) is 0 Å². The molecule has 0 radical (unpaired) electrons. The second-order valence-corrected chi connectivity index (χ2v) is 7.13. The van der Waals surface area contributed by atoms with Gasteiger partial charge in [-0.15, -0.1) is 0 Å². The summed E-state index contributed by atoms with van der Waals surface area (Å²) < 4.78 is 43.9. The number of halogens is 3. The zero-order valence-corrected chi connectivity index (χ0v) is 14.6. The minimum Gasteiger partial charge on any atom is -0.490 e. The van der Waals surface area contributed by atoms with Gasteiger partial charge in [0.05, 0.1) is 11.8 Å². The third kappa shape index (κ3) is 5.74. The largest absolute Gasteiger partial charge is 0.490 e. The molecule has 0 saturated heterocycles. The molecule has 2 rings (SSSR count). The highest BCUT2D eigenvalue weighted by molar-refractivity contribution is 5.29. The molecule has 3 nitrogen and oxygen atoms in total. The smallest absolute Gasteiger partial charge is 0.416 e. The van der Waals surface area contributed by atoms with Crippen LogP contribution in [0.5, 0.6) is 5.75 Å². The molecule has 0 aliphatic carbocycles. The van der Waals surface area contributed by atoms with Crippen LogP contribution in [0.25, 0.3) is 0 Å². The maximum Gasteiger partial charge on any atom is 0.416 e. The van der Waals surface area contributed by atoms with Crippen LogP contribution in [-0.4, -0.2) is 17.6 Å². The minimum absolute atomic E-state index is 0.0491. The molecule has 0 unspecified atom stereocenters. The van der Waals surface area contributed by atoms with Gasteiger partial charge in [-0.2, -0.15) is 13.2 Å². The highest BCUT2D eigenvalue weighted by Gasteiger charge is 2.30. The first kappa shape index (κ1) is 19.2. The monoisotopic (exact) mass is 352 g/mol. The summed E-state index contributed by atoms with van der Waals surface area (Å²) >= 11 is 0. The van der Waals surface area contributed by atoms with Crippen LogP contribution in [0.3, 0.4) is 0 Å². The molecule has 2 aromatic rings. The number of benzene rings is 1. The second-order valence-electron chi connectivity index (χ2n) is 7.13. The Kier molecular flexibility index (Phi) is 5.72. The van der Waals surface area contributed by atoms with Crippen molar-refractivity contribution in [3.8, 4) is 5.75 Å². The van der Waals surface area contributed by atoms with E-state index in [1.165, 1.54) is 6.07 Å². The molecule has 1 heterocycles. The Morgan fingerprint density at radius 3 is 2.44 bits per heavy atom. The van der Waals surface area contributed by atoms with Crippen molar-refractivity contribution in [1.82, 2.24) is 4.98 Å². The van der Waals surface area contributed by atoms with Crippen molar-refractivity contribution in [1.29, 1.82) is 0 Å². The molecule has 6 heteroatoms. The van der Waals surface area contributed by atoms with E-state index in [0.717, 1.165) is 17.7 Å². The molecule has 0 aliphatic heterocycles. The highest BCUT2D eigenvalue weighted by atomic mass is 19.4. The van der Waals surface area contributed by atoms with Gasteiger partial charge >= 0.3 is 6.18 Å². The van der Waals surface area contributed by atoms with Gasteiger partial charge in [-0.05, 0) is 35.1 Å². The zero-order valence-electron chi connectivity index (χ0n) is 14.6. The molecule has 1 aromatic carbocycles. The van der Waals surface area contributed by atoms with Gasteiger partial charge in [-0.3, -0.25) is 4.98 Å². The molecular weight excluding hydrogens is 329 g/mol. The Hall–Kier alpha value is -2.08. The number of pyridine rings is 1. The van der Waals surface area contributed by atoms with Crippen LogP contribution in [0.1, 0.15) is 37.5 Å². The Labute approximate surface area is 146 Å². The van der Waals surface area contributed by atoms with Crippen LogP contribution in [0.4, 0.5) is 13.2 Å². The topological polar surface area (TPSA) is 48.1 Å². The predicted octanol–water partition coefficient (Wildman–Crippen LogP) is 4.35. The van der Waals surface area contributed by atoms with Gasteiger partial charge in [-0.1, -0.05) is 39.0 Å². The maximum absolute atomic E-state index is 12.7. The molecule has 0 fully saturated rings. The summed E-state index contributed by atoms with van der Waals surface area (Å²) in [6, 6.07) is 6.70. The Morgan fingerprint density at radius 1 is 1.08 bits per heavy atom. The van der Waals surface area contributed by atoms with E-state index < -0.39 is 17.8 Å². The number of aromatic nitrogens is 1. The van der Waals surface area contributed by atoms with Crippen molar-refractivity contribution >= 4 is 0 Å². The summed E-state index contributed by atoms with van der Waals surface area (Å²) in [5.41, 5.74) is 6.87. The molecule has 1 atom stereocenters. The van der Waals surface area contributed by atoms with Crippen LogP contribution >= 0.6 is 0 Å². The average Bonchev–Trinajstić information content (AvgIpc) is 2.52. The van der Waals surface area contributed by atoms with E-state index >= 15 is 0 Å². The fraction of sp³-hybridized carbons (Fsp3) is 0.421. The van der Waals surface area contributed by atoms with E-state index in [9.17, 15) is 13.2 Å². The van der Waals surface area contributed by atoms with E-state index in [4.69, 9.17) is 10.5 Å². The van der Waals surface area contributed by atoms with Crippen molar-refractivity contribution in [2.24, 2.45) is 5.73 Å². The summed E-state index contributed by atoms with van der Waals surface area (Å²) in [6.45, 7) is 6.43. The normalized spacial score (nSPS) is 13.6. The number of nitrogens with zero attached hydrogens (tertiary/aromatic N) is 1. The van der Waals surface area contributed by atoms with E-state index in [2.05, 4.69) is 25.8 Å². The second kappa shape index (κ2) is 7.44. The third-order valence-electron chi connectivity index (χ3n) is 3.80. The summed E-state index contributed by atoms with van der Waals surface area (Å²) in [5, 5.41) is 0. The lowest BCUT2D eigenvalue weighted by atomic mass is 9.88. The lowest BCUT2D eigenvalue weighted by Gasteiger charge is -2.20. The molecule has 136 valence electrons. The van der Waals surface area contributed by atoms with Gasteiger partial charge in [0.1, 0.15) is 12.4 Å². The SMILES string of the molecule is CC(C)(C)c1cncc(OC[C@@H](N)Cc2cccc(C(F)(F)F)c2)c1. The standard InChI is InChI=1S/C19H23F3N2O/c1-18(2,3)15-9-17(11-24-10-15)25-12-16(23)8-13-5-4-6-14(7-13)19(20,21)22/h4-7,9-11,16H,8,12,23H2,1-3H3/t16-/m0/s1. The van der Waals surface area contributed by atoms with Crippen LogP contribution in [0.15, 0.2) is 42.7 Å². The Bertz CT molecular complexity index is 708. The van der Waals surface area contributed by atoms with Gasteiger partial charge in [-0.25, -0.2) is 0 Å². The van der Waals surface area contributed by atoms with Gasteiger partial charge < -0.3 is 10.5 Å². The van der Waals surface area contributed by atoms with Gasteiger partial charge in [0.15, 0.2) is 0 Å². The number of nitrogens with two attached hydrogens (primary N) is 1. The molecule has 1 aromatic heterocycles. The average molecular weight is 352 g/mol. The predicted molar refractivity (Wildman–Crippen MR) is 91.6 cm³/mol. The van der Waals surface area contributed by atoms with E-state index in [-0.39, 0.29) is 12.0 Å². The van der Waals surface area contributed by atoms with Gasteiger partial charge in [0.2, 0.25) is 0 Å². The van der Waals surface area contributed by atoms with Crippen LogP contribution < -0.4 is 10.5 Å². The van der Waals surface area contributed by atoms with E-state index in [0.29, 0.717) is 17.7 Å². The van der Waals surface area contributed by atoms with Crippen LogP contribution in [0, 0.1) is 0 Å². The molecule has 0 spiro atoms. The number of hydrogen-bond acceptors (Lipinski definition) is 3. The summed E-state index contributed by atoms with van der Waals surface area (Å²) in [6.07, 6.45) is -0.659. The summed E-state index contributed by atoms with van der Waals surface area (Å²) in [4.78, 5) is 4.16. The van der Waals surface area contributed by atoms with E-state index in [1.54, 1.807) is 18.5 Å². The van der Waals surface area contributed by atoms with E-state index in [1.807, 2.05) is 6.07 Å². The molecular formula is C19H23F3N2O. The fourth-order valence-corrected chi connectivity index (χ4v) is 2.35. The lowest BCUT2D eigenvalue weighted by Crippen LogP contribution is -2.30. The number of hydrogen-bond donors (Lipinski definition) is 1. The first-order chi connectivity index (χ1) is 11.6. The van der Waals surface area contributed by atoms with Crippen LogP contribution in [-0.2, 0) is 18.0 Å². The summed E-state index contributed by atoms with van der Waals surface area (Å²) in [7, 11) is 0. The highest BCUT2D eigenvalue weighted by Crippen LogP contribution is 2.29. The first-order valence-electron chi connectivity index (χ1n) is 8.06. The Balaban J connectivity index is 1.96. The zero-order chi connectivity index (χ0) is 18.7. The minimum atomic E-state index is -4.35. The quantitative estimate of drug-likeness (QED) is 0.870. The maximum atomic E-state index is 12.7. The Morgan fingerprint density at radius 2 is 1.80 bits per heavy atom. The number of alkyl halides is 3.